The zero-order valence-corrected chi connectivity index (χ0v) is 12.9. The molecule has 0 saturated carbocycles. The summed E-state index contributed by atoms with van der Waals surface area (Å²) in [5.74, 6) is 4.11. The lowest BCUT2D eigenvalue weighted by Gasteiger charge is -2.24. The van der Waals surface area contributed by atoms with Crippen LogP contribution in [0.1, 0.15) is 37.7 Å². The van der Waals surface area contributed by atoms with Crippen LogP contribution in [-0.4, -0.2) is 31.0 Å². The summed E-state index contributed by atoms with van der Waals surface area (Å²) >= 11 is 1.98. The Morgan fingerprint density at radius 1 is 1.35 bits per heavy atom. The maximum absolute atomic E-state index is 10.7. The highest BCUT2D eigenvalue weighted by Crippen LogP contribution is 2.34. The number of thioether (sulfide) groups is 1. The van der Waals surface area contributed by atoms with E-state index in [1.807, 2.05) is 30.0 Å². The third-order valence-electron chi connectivity index (χ3n) is 3.67. The summed E-state index contributed by atoms with van der Waals surface area (Å²) in [7, 11) is 1.66. The van der Waals surface area contributed by atoms with E-state index in [2.05, 4.69) is 6.92 Å². The molecule has 1 heterocycles. The molecule has 0 spiro atoms. The number of hydrogen-bond acceptors (Lipinski definition) is 4. The van der Waals surface area contributed by atoms with Crippen LogP contribution in [0.5, 0.6) is 11.5 Å². The molecule has 0 amide bonds. The van der Waals surface area contributed by atoms with Gasteiger partial charge in [-0.1, -0.05) is 13.0 Å². The van der Waals surface area contributed by atoms with Gasteiger partial charge in [-0.15, -0.1) is 0 Å². The fraction of sp³-hybridized carbons (Fsp3) is 0.562. The Morgan fingerprint density at radius 2 is 2.10 bits per heavy atom. The molecule has 1 unspecified atom stereocenters. The van der Waals surface area contributed by atoms with E-state index in [1.165, 1.54) is 0 Å². The van der Waals surface area contributed by atoms with E-state index in [4.69, 9.17) is 9.47 Å². The molecule has 0 aliphatic carbocycles. The highest BCUT2D eigenvalue weighted by molar-refractivity contribution is 7.99. The first-order valence-corrected chi connectivity index (χ1v) is 8.26. The van der Waals surface area contributed by atoms with Crippen molar-refractivity contribution in [3.63, 3.8) is 0 Å². The molecular weight excluding hydrogens is 272 g/mol. The molecule has 2 rings (SSSR count). The van der Waals surface area contributed by atoms with E-state index in [0.717, 1.165) is 47.7 Å². The molecule has 1 saturated heterocycles. The van der Waals surface area contributed by atoms with Crippen molar-refractivity contribution < 1.29 is 14.3 Å². The maximum atomic E-state index is 10.7. The van der Waals surface area contributed by atoms with Gasteiger partial charge in [0.2, 0.25) is 0 Å². The van der Waals surface area contributed by atoms with E-state index >= 15 is 0 Å². The summed E-state index contributed by atoms with van der Waals surface area (Å²) in [5.41, 5.74) is 1.12. The standard InChI is InChI=1S/C16H22O3S/c1-12(5-8-17)13-3-4-15(18-2)16(11-13)19-14-6-9-20-10-7-14/h3-4,8,11-12,14H,5-7,9-10H2,1-2H3. The molecule has 1 fully saturated rings. The zero-order chi connectivity index (χ0) is 14.4. The minimum atomic E-state index is 0.211. The van der Waals surface area contributed by atoms with Crippen LogP contribution in [-0.2, 0) is 4.79 Å². The van der Waals surface area contributed by atoms with Crippen LogP contribution in [0.3, 0.4) is 0 Å². The summed E-state index contributed by atoms with van der Waals surface area (Å²) in [6.07, 6.45) is 3.95. The molecule has 1 atom stereocenters. The Kier molecular flexibility index (Phi) is 5.77. The molecule has 0 radical (unpaired) electrons. The van der Waals surface area contributed by atoms with Gasteiger partial charge in [0.05, 0.1) is 7.11 Å². The fourth-order valence-corrected chi connectivity index (χ4v) is 3.41. The van der Waals surface area contributed by atoms with Crippen molar-refractivity contribution in [1.82, 2.24) is 0 Å². The summed E-state index contributed by atoms with van der Waals surface area (Å²) < 4.78 is 11.5. The molecule has 1 aromatic carbocycles. The van der Waals surface area contributed by atoms with Crippen LogP contribution in [0, 0.1) is 0 Å². The normalized spacial score (nSPS) is 17.5. The van der Waals surface area contributed by atoms with E-state index < -0.39 is 0 Å². The number of ether oxygens (including phenoxy) is 2. The van der Waals surface area contributed by atoms with Crippen molar-refractivity contribution in [2.45, 2.75) is 38.2 Å². The molecule has 0 N–H and O–H groups in total. The predicted octanol–water partition coefficient (Wildman–Crippen LogP) is 3.66. The lowest BCUT2D eigenvalue weighted by Crippen LogP contribution is -2.22. The average Bonchev–Trinajstić information content (AvgIpc) is 2.48. The Bertz CT molecular complexity index is 441. The van der Waals surface area contributed by atoms with Crippen molar-refractivity contribution in [2.75, 3.05) is 18.6 Å². The van der Waals surface area contributed by atoms with Gasteiger partial charge in [0.1, 0.15) is 12.4 Å². The van der Waals surface area contributed by atoms with Gasteiger partial charge in [0.25, 0.3) is 0 Å². The molecule has 110 valence electrons. The molecule has 4 heteroatoms. The first-order chi connectivity index (χ1) is 9.74. The molecule has 1 aliphatic rings. The number of aldehydes is 1. The molecule has 0 aromatic heterocycles. The number of hydrogen-bond donors (Lipinski definition) is 0. The van der Waals surface area contributed by atoms with Gasteiger partial charge in [-0.05, 0) is 48.0 Å². The molecule has 1 aliphatic heterocycles. The second kappa shape index (κ2) is 7.58. The van der Waals surface area contributed by atoms with Gasteiger partial charge < -0.3 is 14.3 Å². The van der Waals surface area contributed by atoms with Crippen molar-refractivity contribution in [1.29, 1.82) is 0 Å². The lowest BCUT2D eigenvalue weighted by molar-refractivity contribution is -0.108. The van der Waals surface area contributed by atoms with Crippen LogP contribution in [0.2, 0.25) is 0 Å². The van der Waals surface area contributed by atoms with Crippen molar-refractivity contribution in [2.24, 2.45) is 0 Å². The molecule has 3 nitrogen and oxygen atoms in total. The summed E-state index contributed by atoms with van der Waals surface area (Å²) in [6.45, 7) is 2.05. The van der Waals surface area contributed by atoms with Crippen molar-refractivity contribution >= 4 is 18.0 Å². The molecular formula is C16H22O3S. The molecule has 20 heavy (non-hydrogen) atoms. The Labute approximate surface area is 125 Å². The van der Waals surface area contributed by atoms with E-state index in [9.17, 15) is 4.79 Å². The summed E-state index contributed by atoms with van der Waals surface area (Å²) in [4.78, 5) is 10.7. The number of rotatable bonds is 6. The second-order valence-corrected chi connectivity index (χ2v) is 6.37. The minimum absolute atomic E-state index is 0.211. The molecule has 1 aromatic rings. The molecule has 0 bridgehead atoms. The number of benzene rings is 1. The summed E-state index contributed by atoms with van der Waals surface area (Å²) in [6, 6.07) is 5.97. The fourth-order valence-electron chi connectivity index (χ4n) is 2.35. The Balaban J connectivity index is 2.15. The quantitative estimate of drug-likeness (QED) is 0.750. The Hall–Kier alpha value is -1.16. The largest absolute Gasteiger partial charge is 0.493 e. The van der Waals surface area contributed by atoms with E-state index in [-0.39, 0.29) is 12.0 Å². The summed E-state index contributed by atoms with van der Waals surface area (Å²) in [5, 5.41) is 0. The third kappa shape index (κ3) is 3.92. The first kappa shape index (κ1) is 15.2. The van der Waals surface area contributed by atoms with Gasteiger partial charge in [-0.25, -0.2) is 0 Å². The van der Waals surface area contributed by atoms with E-state index in [0.29, 0.717) is 6.42 Å². The van der Waals surface area contributed by atoms with Gasteiger partial charge in [-0.2, -0.15) is 11.8 Å². The number of carbonyl (C=O) groups excluding carboxylic acids is 1. The first-order valence-electron chi connectivity index (χ1n) is 7.10. The number of methoxy groups -OCH3 is 1. The zero-order valence-electron chi connectivity index (χ0n) is 12.1. The monoisotopic (exact) mass is 294 g/mol. The average molecular weight is 294 g/mol. The smallest absolute Gasteiger partial charge is 0.161 e. The number of carbonyl (C=O) groups is 1. The van der Waals surface area contributed by atoms with Crippen molar-refractivity contribution in [3.05, 3.63) is 23.8 Å². The highest BCUT2D eigenvalue weighted by atomic mass is 32.2. The topological polar surface area (TPSA) is 35.5 Å². The lowest BCUT2D eigenvalue weighted by atomic mass is 9.98. The maximum Gasteiger partial charge on any atom is 0.161 e. The Morgan fingerprint density at radius 3 is 2.75 bits per heavy atom. The minimum Gasteiger partial charge on any atom is -0.493 e. The highest BCUT2D eigenvalue weighted by Gasteiger charge is 2.18. The van der Waals surface area contributed by atoms with Crippen LogP contribution in [0.4, 0.5) is 0 Å². The van der Waals surface area contributed by atoms with Gasteiger partial charge >= 0.3 is 0 Å². The van der Waals surface area contributed by atoms with Gasteiger partial charge in [-0.3, -0.25) is 0 Å². The van der Waals surface area contributed by atoms with Crippen LogP contribution in [0.15, 0.2) is 18.2 Å². The van der Waals surface area contributed by atoms with Gasteiger partial charge in [0, 0.05) is 6.42 Å². The second-order valence-electron chi connectivity index (χ2n) is 5.14. The SMILES string of the molecule is COc1ccc(C(C)CC=O)cc1OC1CCSCC1. The van der Waals surface area contributed by atoms with Crippen LogP contribution in [0.25, 0.3) is 0 Å². The van der Waals surface area contributed by atoms with Crippen molar-refractivity contribution in [3.8, 4) is 11.5 Å². The predicted molar refractivity (Wildman–Crippen MR) is 83.1 cm³/mol. The van der Waals surface area contributed by atoms with Crippen LogP contribution < -0.4 is 9.47 Å². The van der Waals surface area contributed by atoms with E-state index in [1.54, 1.807) is 7.11 Å². The third-order valence-corrected chi connectivity index (χ3v) is 4.72. The van der Waals surface area contributed by atoms with Gasteiger partial charge in [0.15, 0.2) is 11.5 Å². The van der Waals surface area contributed by atoms with Crippen LogP contribution >= 0.6 is 11.8 Å².